The van der Waals surface area contributed by atoms with Crippen molar-refractivity contribution in [1.29, 1.82) is 0 Å². The van der Waals surface area contributed by atoms with E-state index in [0.29, 0.717) is 6.54 Å². The van der Waals surface area contributed by atoms with Crippen LogP contribution in [-0.2, 0) is 4.79 Å². The average Bonchev–Trinajstić information content (AvgIpc) is 2.02. The lowest BCUT2D eigenvalue weighted by Crippen LogP contribution is -2.79. The van der Waals surface area contributed by atoms with Gasteiger partial charge in [0.25, 0.3) is 0 Å². The van der Waals surface area contributed by atoms with Crippen LogP contribution in [0.2, 0.25) is 0 Å². The molecule has 0 unspecified atom stereocenters. The third-order valence-corrected chi connectivity index (χ3v) is 1.54. The number of rotatable bonds is 5. The van der Waals surface area contributed by atoms with Gasteiger partial charge in [-0.25, -0.2) is 0 Å². The van der Waals surface area contributed by atoms with E-state index in [2.05, 4.69) is 10.7 Å². The van der Waals surface area contributed by atoms with Gasteiger partial charge in [-0.1, -0.05) is 0 Å². The third-order valence-electron chi connectivity index (χ3n) is 1.54. The number of carboxylic acids is 1. The minimum atomic E-state index is -1.38. The standard InChI is InChI=1S/C6H14N4O3/c7-4(5(12)13)3(11)1-2-10-6(8)9/h3-4,11H,1-2,7H2,(H,12,13)(H4,8,9,10)/p+1/t3-,4+/m1/s1. The molecule has 76 valence electrons. The Morgan fingerprint density at radius 1 is 1.62 bits per heavy atom. The molecule has 0 aromatic heterocycles. The van der Waals surface area contributed by atoms with Crippen molar-refractivity contribution in [3.05, 3.63) is 0 Å². The molecule has 0 spiro atoms. The fourth-order valence-corrected chi connectivity index (χ4v) is 0.723. The van der Waals surface area contributed by atoms with Gasteiger partial charge in [-0.15, -0.1) is 0 Å². The Hall–Kier alpha value is -1.34. The van der Waals surface area contributed by atoms with Crippen LogP contribution in [0.4, 0.5) is 0 Å². The number of hydrogen-bond acceptors (Lipinski definition) is 3. The molecule has 0 amide bonds. The number of carbonyl (C=O) groups excluding carboxylic acids is 1. The maximum absolute atomic E-state index is 10.2. The van der Waals surface area contributed by atoms with Gasteiger partial charge in [0.15, 0.2) is 6.04 Å². The highest BCUT2D eigenvalue weighted by Gasteiger charge is 2.18. The van der Waals surface area contributed by atoms with Crippen LogP contribution in [0.5, 0.6) is 0 Å². The number of carbonyl (C=O) groups is 1. The molecule has 0 aromatic rings. The zero-order valence-corrected chi connectivity index (χ0v) is 7.19. The summed E-state index contributed by atoms with van der Waals surface area (Å²) in [6, 6.07) is -1.14. The summed E-state index contributed by atoms with van der Waals surface area (Å²) in [5, 5.41) is 19.4. The number of aliphatic hydroxyl groups is 1. The smallest absolute Gasteiger partial charge is 0.338 e. The van der Waals surface area contributed by atoms with Gasteiger partial charge in [0, 0.05) is 6.42 Å². The van der Waals surface area contributed by atoms with Crippen molar-refractivity contribution < 1.29 is 25.7 Å². The van der Waals surface area contributed by atoms with Gasteiger partial charge in [-0.2, -0.15) is 0 Å². The van der Waals surface area contributed by atoms with Crippen LogP contribution < -0.4 is 27.3 Å². The molecule has 0 aliphatic heterocycles. The van der Waals surface area contributed by atoms with Gasteiger partial charge in [-0.3, -0.25) is 16.5 Å². The third kappa shape index (κ3) is 4.99. The van der Waals surface area contributed by atoms with Gasteiger partial charge in [0.1, 0.15) is 12.1 Å². The quantitative estimate of drug-likeness (QED) is 0.216. The topological polar surface area (TPSA) is 154 Å². The van der Waals surface area contributed by atoms with Crippen LogP contribution in [0.1, 0.15) is 6.42 Å². The molecule has 0 bridgehead atoms. The Morgan fingerprint density at radius 2 is 2.15 bits per heavy atom. The molecule has 0 aromatic carbocycles. The van der Waals surface area contributed by atoms with E-state index in [9.17, 15) is 15.0 Å². The molecule has 9 N–H and O–H groups in total. The number of aliphatic hydroxyl groups excluding tert-OH is 1. The molecule has 7 nitrogen and oxygen atoms in total. The lowest BCUT2D eigenvalue weighted by Gasteiger charge is -2.14. The molecule has 2 atom stereocenters. The molecule has 7 heteroatoms. The molecule has 0 aliphatic carbocycles. The van der Waals surface area contributed by atoms with E-state index >= 15 is 0 Å². The number of nitrogens with one attached hydrogen (secondary N) is 1. The summed E-state index contributed by atoms with van der Waals surface area (Å²) in [5.74, 6) is -1.35. The SMILES string of the molecule is NC(N)=[NH+]CC[C@@H](O)[C@H]([NH3+])C(=O)[O-]. The second-order valence-electron chi connectivity index (χ2n) is 2.66. The van der Waals surface area contributed by atoms with Gasteiger partial charge in [0.2, 0.25) is 0 Å². The Kier molecular flexibility index (Phi) is 4.78. The summed E-state index contributed by atoms with van der Waals surface area (Å²) in [4.78, 5) is 12.8. The number of hydrogen-bond donors (Lipinski definition) is 5. The normalized spacial score (nSPS) is 14.6. The van der Waals surface area contributed by atoms with Crippen molar-refractivity contribution >= 4 is 11.9 Å². The van der Waals surface area contributed by atoms with Crippen molar-refractivity contribution in [2.75, 3.05) is 6.54 Å². The Morgan fingerprint density at radius 3 is 2.54 bits per heavy atom. The Balaban J connectivity index is 3.81. The maximum atomic E-state index is 10.2. The summed E-state index contributed by atoms with van der Waals surface area (Å²) < 4.78 is 0. The van der Waals surface area contributed by atoms with Crippen LogP contribution in [-0.4, -0.2) is 35.7 Å². The number of guanidine groups is 1. The first-order chi connectivity index (χ1) is 5.95. The number of nitrogens with two attached hydrogens (primary N) is 2. The van der Waals surface area contributed by atoms with Crippen LogP contribution in [0.25, 0.3) is 0 Å². The first kappa shape index (κ1) is 11.7. The highest BCUT2D eigenvalue weighted by atomic mass is 16.4. The second-order valence-corrected chi connectivity index (χ2v) is 2.66. The van der Waals surface area contributed by atoms with Crippen molar-refractivity contribution in [3.8, 4) is 0 Å². The summed E-state index contributed by atoms with van der Waals surface area (Å²) in [7, 11) is 0. The molecule has 13 heavy (non-hydrogen) atoms. The van der Waals surface area contributed by atoms with E-state index < -0.39 is 18.1 Å². The Labute approximate surface area is 75.2 Å². The van der Waals surface area contributed by atoms with Crippen LogP contribution >= 0.6 is 0 Å². The predicted molar refractivity (Wildman–Crippen MR) is 41.5 cm³/mol. The summed E-state index contributed by atoms with van der Waals surface area (Å²) in [6.45, 7) is 0.294. The average molecular weight is 191 g/mol. The number of aliphatic carboxylic acids is 1. The zero-order chi connectivity index (χ0) is 10.4. The lowest BCUT2D eigenvalue weighted by atomic mass is 10.1. The molecule has 0 fully saturated rings. The van der Waals surface area contributed by atoms with Crippen LogP contribution in [0, 0.1) is 0 Å². The first-order valence-electron chi connectivity index (χ1n) is 3.79. The maximum Gasteiger partial charge on any atom is 0.338 e. The molecule has 0 saturated heterocycles. The molecule has 0 radical (unpaired) electrons. The van der Waals surface area contributed by atoms with Crippen molar-refractivity contribution in [1.82, 2.24) is 0 Å². The summed E-state index contributed by atoms with van der Waals surface area (Å²) >= 11 is 0. The minimum Gasteiger partial charge on any atom is -0.544 e. The van der Waals surface area contributed by atoms with E-state index in [-0.39, 0.29) is 12.4 Å². The zero-order valence-electron chi connectivity index (χ0n) is 7.19. The molecule has 0 aliphatic rings. The van der Waals surface area contributed by atoms with E-state index in [0.717, 1.165) is 0 Å². The Bertz CT molecular complexity index is 202. The van der Waals surface area contributed by atoms with E-state index in [1.807, 2.05) is 0 Å². The fourth-order valence-electron chi connectivity index (χ4n) is 0.723. The molecule has 0 saturated carbocycles. The largest absolute Gasteiger partial charge is 0.544 e. The fraction of sp³-hybridized carbons (Fsp3) is 0.667. The van der Waals surface area contributed by atoms with Gasteiger partial charge in [0.05, 0.1) is 6.54 Å². The van der Waals surface area contributed by atoms with Crippen LogP contribution in [0.15, 0.2) is 0 Å². The molecule has 0 rings (SSSR count). The number of quaternary nitrogens is 1. The van der Waals surface area contributed by atoms with Gasteiger partial charge >= 0.3 is 5.96 Å². The highest BCUT2D eigenvalue weighted by Crippen LogP contribution is 1.90. The van der Waals surface area contributed by atoms with E-state index in [1.54, 1.807) is 0 Å². The predicted octanol–water partition coefficient (Wildman–Crippen LogP) is -6.55. The number of carboxylic acid groups (broad SMARTS) is 1. The van der Waals surface area contributed by atoms with E-state index in [4.69, 9.17) is 11.5 Å². The van der Waals surface area contributed by atoms with Crippen molar-refractivity contribution in [2.45, 2.75) is 18.6 Å². The van der Waals surface area contributed by atoms with Crippen LogP contribution in [0.3, 0.4) is 0 Å². The molecular weight excluding hydrogens is 176 g/mol. The lowest BCUT2D eigenvalue weighted by molar-refractivity contribution is -0.474. The van der Waals surface area contributed by atoms with Gasteiger partial charge in [-0.05, 0) is 0 Å². The highest BCUT2D eigenvalue weighted by molar-refractivity contribution is 5.70. The van der Waals surface area contributed by atoms with Gasteiger partial charge < -0.3 is 20.7 Å². The molecular formula is C6H15N4O3+. The summed E-state index contributed by atoms with van der Waals surface area (Å²) in [6.07, 6.45) is -0.864. The van der Waals surface area contributed by atoms with Crippen molar-refractivity contribution in [3.63, 3.8) is 0 Å². The van der Waals surface area contributed by atoms with Crippen molar-refractivity contribution in [2.24, 2.45) is 11.5 Å². The minimum absolute atomic E-state index is 0.0289. The monoisotopic (exact) mass is 191 g/mol. The van der Waals surface area contributed by atoms with E-state index in [1.165, 1.54) is 0 Å². The molecule has 0 heterocycles. The summed E-state index contributed by atoms with van der Waals surface area (Å²) in [5.41, 5.74) is 13.4. The second kappa shape index (κ2) is 5.33. The first-order valence-corrected chi connectivity index (χ1v) is 3.79.